The summed E-state index contributed by atoms with van der Waals surface area (Å²) in [5.41, 5.74) is 6.53. The second-order valence-corrected chi connectivity index (χ2v) is 7.59. The molecular formula is C19H21ClN2O3S. The minimum atomic E-state index is -0.328. The van der Waals surface area contributed by atoms with Crippen LogP contribution < -0.4 is 20.5 Å². The molecule has 2 aromatic rings. The van der Waals surface area contributed by atoms with Gasteiger partial charge in [-0.3, -0.25) is 4.79 Å². The molecule has 0 radical (unpaired) electrons. The van der Waals surface area contributed by atoms with Gasteiger partial charge in [0.2, 0.25) is 5.91 Å². The lowest BCUT2D eigenvalue weighted by Crippen LogP contribution is -2.40. The van der Waals surface area contributed by atoms with E-state index in [1.807, 2.05) is 12.1 Å². The van der Waals surface area contributed by atoms with Crippen molar-refractivity contribution in [3.8, 4) is 17.2 Å². The summed E-state index contributed by atoms with van der Waals surface area (Å²) in [4.78, 5) is 12.6. The van der Waals surface area contributed by atoms with Gasteiger partial charge >= 0.3 is 0 Å². The Kier molecular flexibility index (Phi) is 6.29. The molecule has 5 nitrogen and oxygen atoms in total. The highest BCUT2D eigenvalue weighted by molar-refractivity contribution is 8.00. The molecule has 2 atom stereocenters. The number of nitrogens with two attached hydrogens (primary N) is 1. The number of halogens is 1. The number of thioether (sulfide) groups is 1. The smallest absolute Gasteiger partial charge is 0.238 e. The highest BCUT2D eigenvalue weighted by Crippen LogP contribution is 2.39. The fourth-order valence-corrected chi connectivity index (χ4v) is 4.15. The first kappa shape index (κ1) is 18.9. The van der Waals surface area contributed by atoms with Crippen LogP contribution in [-0.2, 0) is 4.79 Å². The van der Waals surface area contributed by atoms with Crippen molar-refractivity contribution >= 4 is 29.3 Å². The van der Waals surface area contributed by atoms with Crippen LogP contribution in [0.15, 0.2) is 42.5 Å². The summed E-state index contributed by atoms with van der Waals surface area (Å²) >= 11 is 7.50. The summed E-state index contributed by atoms with van der Waals surface area (Å²) in [5, 5.41) is 3.33. The van der Waals surface area contributed by atoms with Gasteiger partial charge in [0, 0.05) is 29.2 Å². The Morgan fingerprint density at radius 1 is 1.23 bits per heavy atom. The van der Waals surface area contributed by atoms with E-state index in [9.17, 15) is 4.79 Å². The van der Waals surface area contributed by atoms with E-state index in [-0.39, 0.29) is 17.2 Å². The van der Waals surface area contributed by atoms with Crippen molar-refractivity contribution < 1.29 is 14.3 Å². The molecule has 7 heteroatoms. The van der Waals surface area contributed by atoms with E-state index in [2.05, 4.69) is 5.32 Å². The molecule has 0 aliphatic carbocycles. The number of carbonyl (C=O) groups excluding carboxylic acids is 1. The van der Waals surface area contributed by atoms with Gasteiger partial charge < -0.3 is 20.5 Å². The van der Waals surface area contributed by atoms with E-state index in [0.717, 1.165) is 17.7 Å². The van der Waals surface area contributed by atoms with Gasteiger partial charge in [-0.2, -0.15) is 0 Å². The highest BCUT2D eigenvalue weighted by atomic mass is 35.5. The Morgan fingerprint density at radius 2 is 1.96 bits per heavy atom. The molecule has 0 bridgehead atoms. The summed E-state index contributed by atoms with van der Waals surface area (Å²) in [5.74, 6) is 2.75. The number of ether oxygens (including phenoxy) is 2. The predicted octanol–water partition coefficient (Wildman–Crippen LogP) is 3.76. The highest BCUT2D eigenvalue weighted by Gasteiger charge is 2.29. The number of nitrogens with one attached hydrogen (secondary N) is 1. The molecule has 0 aromatic heterocycles. The fraction of sp³-hybridized carbons (Fsp3) is 0.316. The van der Waals surface area contributed by atoms with Crippen molar-refractivity contribution in [1.82, 2.24) is 5.32 Å². The van der Waals surface area contributed by atoms with Crippen LogP contribution in [0.1, 0.15) is 17.2 Å². The summed E-state index contributed by atoms with van der Waals surface area (Å²) < 4.78 is 11.4. The molecule has 3 rings (SSSR count). The van der Waals surface area contributed by atoms with E-state index in [4.69, 9.17) is 26.8 Å². The van der Waals surface area contributed by atoms with Gasteiger partial charge in [0.15, 0.2) is 0 Å². The van der Waals surface area contributed by atoms with Crippen LogP contribution in [-0.4, -0.2) is 31.4 Å². The Hall–Kier alpha value is -1.89. The van der Waals surface area contributed by atoms with Gasteiger partial charge in [0.05, 0.1) is 7.11 Å². The lowest BCUT2D eigenvalue weighted by molar-refractivity contribution is -0.121. The van der Waals surface area contributed by atoms with Crippen LogP contribution in [0.5, 0.6) is 17.2 Å². The van der Waals surface area contributed by atoms with Crippen molar-refractivity contribution in [2.75, 3.05) is 19.4 Å². The third-order valence-electron chi connectivity index (χ3n) is 4.16. The van der Waals surface area contributed by atoms with Gasteiger partial charge in [-0.1, -0.05) is 11.6 Å². The average Bonchev–Trinajstić information content (AvgIpc) is 2.84. The predicted molar refractivity (Wildman–Crippen MR) is 105 cm³/mol. The van der Waals surface area contributed by atoms with Gasteiger partial charge in [0.1, 0.15) is 22.5 Å². The van der Waals surface area contributed by atoms with E-state index in [1.54, 1.807) is 49.2 Å². The number of amides is 1. The Bertz CT molecular complexity index is 770. The number of hydrogen-bond donors (Lipinski definition) is 2. The van der Waals surface area contributed by atoms with Crippen molar-refractivity contribution in [2.45, 2.75) is 17.7 Å². The van der Waals surface area contributed by atoms with E-state index in [0.29, 0.717) is 28.8 Å². The first-order chi connectivity index (χ1) is 12.6. The van der Waals surface area contributed by atoms with E-state index >= 15 is 0 Å². The summed E-state index contributed by atoms with van der Waals surface area (Å²) in [6, 6.07) is 12.7. The third kappa shape index (κ3) is 4.44. The third-order valence-corrected chi connectivity index (χ3v) is 5.68. The maximum absolute atomic E-state index is 12.6. The number of rotatable bonds is 5. The van der Waals surface area contributed by atoms with Crippen molar-refractivity contribution in [2.24, 2.45) is 5.73 Å². The maximum Gasteiger partial charge on any atom is 0.238 e. The van der Waals surface area contributed by atoms with Crippen LogP contribution in [0.2, 0.25) is 5.02 Å². The topological polar surface area (TPSA) is 73.6 Å². The molecule has 2 aromatic carbocycles. The second-order valence-electron chi connectivity index (χ2n) is 5.94. The van der Waals surface area contributed by atoms with Gasteiger partial charge in [-0.25, -0.2) is 0 Å². The SMILES string of the molecule is COc1cc(Oc2ccc(Cl)cc2)ccc1[C@H]1SCC[C@@H](CN)NC1=O. The van der Waals surface area contributed by atoms with Crippen LogP contribution in [0, 0.1) is 0 Å². The van der Waals surface area contributed by atoms with Crippen LogP contribution in [0.4, 0.5) is 0 Å². The lowest BCUT2D eigenvalue weighted by atomic mass is 10.1. The minimum absolute atomic E-state index is 0.0264. The Morgan fingerprint density at radius 3 is 2.65 bits per heavy atom. The zero-order valence-corrected chi connectivity index (χ0v) is 16.0. The van der Waals surface area contributed by atoms with E-state index in [1.165, 1.54) is 0 Å². The van der Waals surface area contributed by atoms with Crippen molar-refractivity contribution in [1.29, 1.82) is 0 Å². The normalized spacial score (nSPS) is 20.2. The quantitative estimate of drug-likeness (QED) is 0.810. The Balaban J connectivity index is 1.82. The molecule has 26 heavy (non-hydrogen) atoms. The molecule has 1 heterocycles. The molecule has 0 spiro atoms. The van der Waals surface area contributed by atoms with Crippen molar-refractivity contribution in [3.05, 3.63) is 53.1 Å². The van der Waals surface area contributed by atoms with Gasteiger partial charge in [-0.15, -0.1) is 11.8 Å². The fourth-order valence-electron chi connectivity index (χ4n) is 2.77. The first-order valence-corrected chi connectivity index (χ1v) is 9.76. The van der Waals surface area contributed by atoms with Crippen molar-refractivity contribution in [3.63, 3.8) is 0 Å². The van der Waals surface area contributed by atoms with Crippen LogP contribution in [0.3, 0.4) is 0 Å². The van der Waals surface area contributed by atoms with Crippen LogP contribution in [0.25, 0.3) is 0 Å². The standard InChI is InChI=1S/C19H21ClN2O3S/c1-24-17-10-15(25-14-4-2-12(20)3-5-14)6-7-16(17)18-19(23)22-13(11-21)8-9-26-18/h2-7,10,13,18H,8-9,11,21H2,1H3,(H,22,23)/t13-,18+/m0/s1. The summed E-state index contributed by atoms with van der Waals surface area (Å²) in [7, 11) is 1.59. The monoisotopic (exact) mass is 392 g/mol. The molecule has 1 aliphatic heterocycles. The zero-order valence-electron chi connectivity index (χ0n) is 14.4. The average molecular weight is 393 g/mol. The molecule has 0 unspecified atom stereocenters. The van der Waals surface area contributed by atoms with E-state index < -0.39 is 0 Å². The molecule has 1 saturated heterocycles. The second kappa shape index (κ2) is 8.66. The minimum Gasteiger partial charge on any atom is -0.496 e. The first-order valence-electron chi connectivity index (χ1n) is 8.34. The van der Waals surface area contributed by atoms with Crippen LogP contribution >= 0.6 is 23.4 Å². The molecule has 1 aliphatic rings. The molecule has 1 amide bonds. The molecule has 3 N–H and O–H groups in total. The number of hydrogen-bond acceptors (Lipinski definition) is 5. The van der Waals surface area contributed by atoms with Gasteiger partial charge in [0.25, 0.3) is 0 Å². The molecule has 138 valence electrons. The number of methoxy groups -OCH3 is 1. The number of benzene rings is 2. The molecular weight excluding hydrogens is 372 g/mol. The molecule has 1 fully saturated rings. The largest absolute Gasteiger partial charge is 0.496 e. The summed E-state index contributed by atoms with van der Waals surface area (Å²) in [6.45, 7) is 0.448. The Labute approximate surface area is 162 Å². The summed E-state index contributed by atoms with van der Waals surface area (Å²) in [6.07, 6.45) is 0.865. The molecule has 0 saturated carbocycles. The lowest BCUT2D eigenvalue weighted by Gasteiger charge is -2.18. The zero-order chi connectivity index (χ0) is 18.5. The maximum atomic E-state index is 12.6. The number of carbonyl (C=O) groups is 1. The van der Waals surface area contributed by atoms with Gasteiger partial charge in [-0.05, 0) is 48.6 Å².